The van der Waals surface area contributed by atoms with E-state index in [1.165, 1.54) is 0 Å². The summed E-state index contributed by atoms with van der Waals surface area (Å²) in [5.41, 5.74) is 2.30. The second kappa shape index (κ2) is 10.9. The standard InChI is InChI=1S/C23H29ClN4O2/c1-17(30-21-10-8-20(24)9-11-21)14-26-23(25-2)27-15-18-5-3-6-19(13-18)16-28-12-4-7-22(28)29/h3,5-6,8-11,13,17H,4,7,12,14-16H2,1-2H3,(H2,25,26,27). The van der Waals surface area contributed by atoms with Gasteiger partial charge in [-0.15, -0.1) is 0 Å². The number of carbonyl (C=O) groups excluding carboxylic acids is 1. The number of amides is 1. The lowest BCUT2D eigenvalue weighted by Gasteiger charge is -2.18. The van der Waals surface area contributed by atoms with Crippen LogP contribution in [0.4, 0.5) is 0 Å². The number of hydrogen-bond donors (Lipinski definition) is 2. The van der Waals surface area contributed by atoms with Crippen molar-refractivity contribution < 1.29 is 9.53 Å². The van der Waals surface area contributed by atoms with E-state index in [1.807, 2.05) is 42.2 Å². The molecule has 1 saturated heterocycles. The number of rotatable bonds is 8. The maximum Gasteiger partial charge on any atom is 0.222 e. The summed E-state index contributed by atoms with van der Waals surface area (Å²) in [6.45, 7) is 4.79. The number of benzene rings is 2. The summed E-state index contributed by atoms with van der Waals surface area (Å²) in [5, 5.41) is 7.30. The largest absolute Gasteiger partial charge is 0.489 e. The highest BCUT2D eigenvalue weighted by Gasteiger charge is 2.19. The average Bonchev–Trinajstić information content (AvgIpc) is 3.14. The third kappa shape index (κ3) is 6.66. The van der Waals surface area contributed by atoms with Crippen molar-refractivity contribution in [3.05, 3.63) is 64.7 Å². The molecule has 2 N–H and O–H groups in total. The molecule has 1 heterocycles. The third-order valence-electron chi connectivity index (χ3n) is 4.93. The first-order valence-corrected chi connectivity index (χ1v) is 10.6. The van der Waals surface area contributed by atoms with Gasteiger partial charge in [-0.05, 0) is 48.7 Å². The van der Waals surface area contributed by atoms with E-state index in [-0.39, 0.29) is 12.0 Å². The van der Waals surface area contributed by atoms with Gasteiger partial charge in [0, 0.05) is 38.1 Å². The zero-order chi connectivity index (χ0) is 21.3. The maximum absolute atomic E-state index is 11.8. The van der Waals surface area contributed by atoms with Crippen LogP contribution in [0.3, 0.4) is 0 Å². The van der Waals surface area contributed by atoms with E-state index in [1.54, 1.807) is 7.05 Å². The molecule has 1 amide bonds. The van der Waals surface area contributed by atoms with Gasteiger partial charge >= 0.3 is 0 Å². The molecule has 0 saturated carbocycles. The number of ether oxygens (including phenoxy) is 1. The Bertz CT molecular complexity index is 870. The van der Waals surface area contributed by atoms with Gasteiger partial charge in [-0.1, -0.05) is 35.9 Å². The van der Waals surface area contributed by atoms with Gasteiger partial charge in [0.05, 0.1) is 6.54 Å². The number of guanidine groups is 1. The first-order valence-electron chi connectivity index (χ1n) is 10.3. The normalized spacial score (nSPS) is 15.2. The maximum atomic E-state index is 11.8. The molecule has 7 heteroatoms. The summed E-state index contributed by atoms with van der Waals surface area (Å²) in [7, 11) is 1.75. The van der Waals surface area contributed by atoms with Crippen LogP contribution in [0.5, 0.6) is 5.75 Å². The van der Waals surface area contributed by atoms with Crippen LogP contribution >= 0.6 is 11.6 Å². The van der Waals surface area contributed by atoms with Gasteiger partial charge in [0.1, 0.15) is 11.9 Å². The van der Waals surface area contributed by atoms with Crippen molar-refractivity contribution in [3.8, 4) is 5.75 Å². The summed E-state index contributed by atoms with van der Waals surface area (Å²) < 4.78 is 5.88. The van der Waals surface area contributed by atoms with Crippen LogP contribution in [0.1, 0.15) is 30.9 Å². The smallest absolute Gasteiger partial charge is 0.222 e. The molecule has 2 aromatic rings. The molecule has 1 atom stereocenters. The SMILES string of the molecule is CN=C(NCc1cccc(CN2CCCC2=O)c1)NCC(C)Oc1ccc(Cl)cc1. The molecule has 30 heavy (non-hydrogen) atoms. The van der Waals surface area contributed by atoms with Crippen molar-refractivity contribution in [1.82, 2.24) is 15.5 Å². The fraction of sp³-hybridized carbons (Fsp3) is 0.391. The molecule has 0 spiro atoms. The monoisotopic (exact) mass is 428 g/mol. The highest BCUT2D eigenvalue weighted by molar-refractivity contribution is 6.30. The summed E-state index contributed by atoms with van der Waals surface area (Å²) in [5.74, 6) is 1.74. The second-order valence-electron chi connectivity index (χ2n) is 7.43. The van der Waals surface area contributed by atoms with Crippen molar-refractivity contribution in [1.29, 1.82) is 0 Å². The van der Waals surface area contributed by atoms with Crippen molar-refractivity contribution in [2.75, 3.05) is 20.1 Å². The molecule has 1 unspecified atom stereocenters. The van der Waals surface area contributed by atoms with E-state index >= 15 is 0 Å². The first-order chi connectivity index (χ1) is 14.5. The van der Waals surface area contributed by atoms with E-state index in [0.717, 1.165) is 29.8 Å². The van der Waals surface area contributed by atoms with Gasteiger partial charge in [0.25, 0.3) is 0 Å². The number of hydrogen-bond acceptors (Lipinski definition) is 3. The lowest BCUT2D eigenvalue weighted by molar-refractivity contribution is -0.128. The Morgan fingerprint density at radius 2 is 1.97 bits per heavy atom. The average molecular weight is 429 g/mol. The highest BCUT2D eigenvalue weighted by Crippen LogP contribution is 2.17. The van der Waals surface area contributed by atoms with Gasteiger partial charge in [-0.3, -0.25) is 9.79 Å². The Hall–Kier alpha value is -2.73. The number of halogens is 1. The quantitative estimate of drug-likeness (QED) is 0.498. The van der Waals surface area contributed by atoms with Gasteiger partial charge < -0.3 is 20.3 Å². The topological polar surface area (TPSA) is 66.0 Å². The van der Waals surface area contributed by atoms with Crippen LogP contribution in [0, 0.1) is 0 Å². The van der Waals surface area contributed by atoms with Crippen LogP contribution in [0.25, 0.3) is 0 Å². The molecule has 2 aromatic carbocycles. The Kier molecular flexibility index (Phi) is 7.97. The van der Waals surface area contributed by atoms with Crippen molar-refractivity contribution in [3.63, 3.8) is 0 Å². The van der Waals surface area contributed by atoms with Crippen LogP contribution in [0.15, 0.2) is 53.5 Å². The van der Waals surface area contributed by atoms with E-state index in [2.05, 4.69) is 33.8 Å². The van der Waals surface area contributed by atoms with E-state index < -0.39 is 0 Å². The Morgan fingerprint density at radius 3 is 2.67 bits per heavy atom. The minimum absolute atomic E-state index is 0.0361. The number of carbonyl (C=O) groups is 1. The van der Waals surface area contributed by atoms with Crippen LogP contribution in [-0.4, -0.2) is 43.0 Å². The molecule has 0 radical (unpaired) electrons. The zero-order valence-corrected chi connectivity index (χ0v) is 18.3. The second-order valence-corrected chi connectivity index (χ2v) is 7.86. The Labute approximate surface area is 183 Å². The lowest BCUT2D eigenvalue weighted by atomic mass is 10.1. The summed E-state index contributed by atoms with van der Waals surface area (Å²) in [6, 6.07) is 15.6. The van der Waals surface area contributed by atoms with E-state index in [4.69, 9.17) is 16.3 Å². The fourth-order valence-corrected chi connectivity index (χ4v) is 3.49. The Balaban J connectivity index is 1.45. The number of nitrogens with zero attached hydrogens (tertiary/aromatic N) is 2. The molecule has 160 valence electrons. The van der Waals surface area contributed by atoms with E-state index in [9.17, 15) is 4.79 Å². The number of nitrogens with one attached hydrogen (secondary N) is 2. The predicted octanol–water partition coefficient (Wildman–Crippen LogP) is 3.59. The van der Waals surface area contributed by atoms with Crippen molar-refractivity contribution >= 4 is 23.5 Å². The van der Waals surface area contributed by atoms with Gasteiger partial charge in [-0.25, -0.2) is 0 Å². The van der Waals surface area contributed by atoms with Gasteiger partial charge in [0.2, 0.25) is 5.91 Å². The molecular weight excluding hydrogens is 400 g/mol. The van der Waals surface area contributed by atoms with Gasteiger partial charge in [0.15, 0.2) is 5.96 Å². The van der Waals surface area contributed by atoms with Crippen molar-refractivity contribution in [2.45, 2.75) is 39.0 Å². The van der Waals surface area contributed by atoms with Crippen LogP contribution in [-0.2, 0) is 17.9 Å². The molecule has 1 fully saturated rings. The third-order valence-corrected chi connectivity index (χ3v) is 5.18. The Morgan fingerprint density at radius 1 is 1.20 bits per heavy atom. The summed E-state index contributed by atoms with van der Waals surface area (Å²) >= 11 is 5.90. The van der Waals surface area contributed by atoms with Crippen LogP contribution in [0.2, 0.25) is 5.02 Å². The molecule has 3 rings (SSSR count). The molecule has 0 aliphatic carbocycles. The summed E-state index contributed by atoms with van der Waals surface area (Å²) in [6.07, 6.45) is 1.59. The molecule has 6 nitrogen and oxygen atoms in total. The molecule has 1 aliphatic rings. The minimum Gasteiger partial charge on any atom is -0.489 e. The fourth-order valence-electron chi connectivity index (χ4n) is 3.36. The molecule has 0 aromatic heterocycles. The minimum atomic E-state index is -0.0361. The molecule has 1 aliphatic heterocycles. The van der Waals surface area contributed by atoms with Gasteiger partial charge in [-0.2, -0.15) is 0 Å². The zero-order valence-electron chi connectivity index (χ0n) is 17.5. The first kappa shape index (κ1) is 22.0. The van der Waals surface area contributed by atoms with E-state index in [0.29, 0.717) is 37.0 Å². The molecule has 0 bridgehead atoms. The highest BCUT2D eigenvalue weighted by atomic mass is 35.5. The summed E-state index contributed by atoms with van der Waals surface area (Å²) in [4.78, 5) is 18.1. The molecular formula is C23H29ClN4O2. The predicted molar refractivity (Wildman–Crippen MR) is 121 cm³/mol. The number of aliphatic imine (C=N–C) groups is 1. The van der Waals surface area contributed by atoms with Crippen molar-refractivity contribution in [2.24, 2.45) is 4.99 Å². The number of likely N-dealkylation sites (tertiary alicyclic amines) is 1. The lowest BCUT2D eigenvalue weighted by Crippen LogP contribution is -2.41. The van der Waals surface area contributed by atoms with Crippen LogP contribution < -0.4 is 15.4 Å².